The van der Waals surface area contributed by atoms with Crippen LogP contribution in [0.15, 0.2) is 47.1 Å². The van der Waals surface area contributed by atoms with Crippen molar-refractivity contribution in [2.75, 3.05) is 18.0 Å². The second-order valence-corrected chi connectivity index (χ2v) is 5.81. The number of nitrogens with zero attached hydrogens (tertiary/aromatic N) is 2. The van der Waals surface area contributed by atoms with E-state index < -0.39 is 0 Å². The van der Waals surface area contributed by atoms with Crippen LogP contribution in [0, 0.1) is 0 Å². The van der Waals surface area contributed by atoms with E-state index in [0.717, 1.165) is 36.3 Å². The molecule has 1 heterocycles. The van der Waals surface area contributed by atoms with E-state index in [4.69, 9.17) is 0 Å². The van der Waals surface area contributed by atoms with Crippen LogP contribution < -0.4 is 10.2 Å². The van der Waals surface area contributed by atoms with E-state index in [9.17, 15) is 0 Å². The van der Waals surface area contributed by atoms with Crippen LogP contribution in [0.25, 0.3) is 0 Å². The maximum absolute atomic E-state index is 4.64. The molecule has 0 aliphatic carbocycles. The molecule has 0 unspecified atom stereocenters. The molecule has 112 valence electrons. The number of hydrogen-bond acceptors (Lipinski definition) is 3. The molecule has 1 aromatic heterocycles. The summed E-state index contributed by atoms with van der Waals surface area (Å²) in [6.07, 6.45) is 3.00. The lowest BCUT2D eigenvalue weighted by atomic mass is 10.2. The molecule has 0 fully saturated rings. The van der Waals surface area contributed by atoms with Gasteiger partial charge in [0.1, 0.15) is 5.82 Å². The van der Waals surface area contributed by atoms with Crippen LogP contribution in [0.1, 0.15) is 25.8 Å². The molecule has 0 spiro atoms. The van der Waals surface area contributed by atoms with Crippen molar-refractivity contribution in [3.8, 4) is 0 Å². The molecule has 2 rings (SSSR count). The second kappa shape index (κ2) is 8.15. The van der Waals surface area contributed by atoms with Crippen LogP contribution >= 0.6 is 15.9 Å². The molecule has 0 radical (unpaired) electrons. The van der Waals surface area contributed by atoms with Crippen LogP contribution in [-0.2, 0) is 6.54 Å². The number of hydrogen-bond donors (Lipinski definition) is 1. The third-order valence-corrected chi connectivity index (χ3v) is 3.73. The van der Waals surface area contributed by atoms with Gasteiger partial charge >= 0.3 is 0 Å². The lowest BCUT2D eigenvalue weighted by Gasteiger charge is -2.25. The molecule has 0 atom stereocenters. The minimum absolute atomic E-state index is 0.832. The number of para-hydroxylation sites is 1. The number of halogens is 1. The largest absolute Gasteiger partial charge is 0.326 e. The zero-order valence-corrected chi connectivity index (χ0v) is 14.2. The van der Waals surface area contributed by atoms with Crippen molar-refractivity contribution in [1.29, 1.82) is 0 Å². The molecule has 1 N–H and O–H groups in total. The maximum atomic E-state index is 4.64. The molecule has 4 heteroatoms. The first-order valence-electron chi connectivity index (χ1n) is 7.44. The highest BCUT2D eigenvalue weighted by molar-refractivity contribution is 9.10. The lowest BCUT2D eigenvalue weighted by Crippen LogP contribution is -2.22. The van der Waals surface area contributed by atoms with Crippen molar-refractivity contribution in [2.24, 2.45) is 0 Å². The third-order valence-electron chi connectivity index (χ3n) is 3.29. The second-order valence-electron chi connectivity index (χ2n) is 4.89. The molecular weight excluding hydrogens is 326 g/mol. The first kappa shape index (κ1) is 16.0. The van der Waals surface area contributed by atoms with Gasteiger partial charge < -0.3 is 10.2 Å². The minimum atomic E-state index is 0.832. The number of nitrogens with one attached hydrogen (secondary N) is 1. The SMILES string of the molecule is CCCNCc1cc(Br)cnc1N(CC)c1ccccc1. The topological polar surface area (TPSA) is 28.2 Å². The molecule has 0 aliphatic rings. The molecule has 0 aliphatic heterocycles. The van der Waals surface area contributed by atoms with Gasteiger partial charge in [0.2, 0.25) is 0 Å². The van der Waals surface area contributed by atoms with Gasteiger partial charge in [0.15, 0.2) is 0 Å². The first-order valence-corrected chi connectivity index (χ1v) is 8.23. The highest BCUT2D eigenvalue weighted by atomic mass is 79.9. The average molecular weight is 348 g/mol. The zero-order chi connectivity index (χ0) is 15.1. The van der Waals surface area contributed by atoms with Gasteiger partial charge in [-0.2, -0.15) is 0 Å². The predicted octanol–water partition coefficient (Wildman–Crippen LogP) is 4.50. The molecule has 0 saturated heterocycles. The minimum Gasteiger partial charge on any atom is -0.326 e. The lowest BCUT2D eigenvalue weighted by molar-refractivity contribution is 0.672. The Labute approximate surface area is 135 Å². The fraction of sp³-hybridized carbons (Fsp3) is 0.353. The number of anilines is 2. The summed E-state index contributed by atoms with van der Waals surface area (Å²) in [5, 5.41) is 3.46. The average Bonchev–Trinajstić information content (AvgIpc) is 2.51. The first-order chi connectivity index (χ1) is 10.3. The molecule has 1 aromatic carbocycles. The maximum Gasteiger partial charge on any atom is 0.137 e. The number of rotatable bonds is 7. The van der Waals surface area contributed by atoms with Crippen molar-refractivity contribution in [3.05, 3.63) is 52.6 Å². The van der Waals surface area contributed by atoms with E-state index in [1.807, 2.05) is 12.3 Å². The number of benzene rings is 1. The van der Waals surface area contributed by atoms with Gasteiger partial charge in [0.25, 0.3) is 0 Å². The molecule has 21 heavy (non-hydrogen) atoms. The van der Waals surface area contributed by atoms with Gasteiger partial charge in [-0.25, -0.2) is 4.98 Å². The third kappa shape index (κ3) is 4.29. The molecule has 0 amide bonds. The highest BCUT2D eigenvalue weighted by Crippen LogP contribution is 2.28. The summed E-state index contributed by atoms with van der Waals surface area (Å²) in [7, 11) is 0. The Morgan fingerprint density at radius 3 is 2.62 bits per heavy atom. The monoisotopic (exact) mass is 347 g/mol. The van der Waals surface area contributed by atoms with Gasteiger partial charge in [-0.05, 0) is 54.0 Å². The fourth-order valence-corrected chi connectivity index (χ4v) is 2.69. The normalized spacial score (nSPS) is 10.6. The van der Waals surface area contributed by atoms with Crippen LogP contribution in [0.5, 0.6) is 0 Å². The Morgan fingerprint density at radius 1 is 1.19 bits per heavy atom. The summed E-state index contributed by atoms with van der Waals surface area (Å²) >= 11 is 3.52. The summed E-state index contributed by atoms with van der Waals surface area (Å²) < 4.78 is 1.02. The fourth-order valence-electron chi connectivity index (χ4n) is 2.31. The Balaban J connectivity index is 2.32. The predicted molar refractivity (Wildman–Crippen MR) is 93.1 cm³/mol. The Morgan fingerprint density at radius 2 is 1.95 bits per heavy atom. The summed E-state index contributed by atoms with van der Waals surface area (Å²) in [4.78, 5) is 6.89. The van der Waals surface area contributed by atoms with E-state index >= 15 is 0 Å². The Hall–Kier alpha value is -1.39. The van der Waals surface area contributed by atoms with E-state index in [2.05, 4.69) is 75.3 Å². The van der Waals surface area contributed by atoms with Crippen molar-refractivity contribution in [2.45, 2.75) is 26.8 Å². The quantitative estimate of drug-likeness (QED) is 0.747. The summed E-state index contributed by atoms with van der Waals surface area (Å²) in [6, 6.07) is 12.6. The highest BCUT2D eigenvalue weighted by Gasteiger charge is 2.13. The smallest absolute Gasteiger partial charge is 0.137 e. The van der Waals surface area contributed by atoms with E-state index in [-0.39, 0.29) is 0 Å². The van der Waals surface area contributed by atoms with E-state index in [0.29, 0.717) is 0 Å². The molecule has 2 aromatic rings. The summed E-state index contributed by atoms with van der Waals surface area (Å²) in [5.74, 6) is 1.02. The summed E-state index contributed by atoms with van der Waals surface area (Å²) in [5.41, 5.74) is 2.38. The van der Waals surface area contributed by atoms with Gasteiger partial charge in [-0.15, -0.1) is 0 Å². The van der Waals surface area contributed by atoms with Crippen molar-refractivity contribution < 1.29 is 0 Å². The van der Waals surface area contributed by atoms with Crippen molar-refractivity contribution in [3.63, 3.8) is 0 Å². The standard InChI is InChI=1S/C17H22BrN3/c1-3-10-19-12-14-11-15(18)13-20-17(14)21(4-2)16-8-6-5-7-9-16/h5-9,11,13,19H,3-4,10,12H2,1-2H3. The zero-order valence-electron chi connectivity index (χ0n) is 12.6. The van der Waals surface area contributed by atoms with Gasteiger partial charge in [-0.3, -0.25) is 0 Å². The van der Waals surface area contributed by atoms with Gasteiger partial charge in [-0.1, -0.05) is 25.1 Å². The van der Waals surface area contributed by atoms with Crippen LogP contribution in [0.4, 0.5) is 11.5 Å². The van der Waals surface area contributed by atoms with E-state index in [1.54, 1.807) is 0 Å². The Bertz CT molecular complexity index is 557. The molecular formula is C17H22BrN3. The molecule has 3 nitrogen and oxygen atoms in total. The van der Waals surface area contributed by atoms with Crippen molar-refractivity contribution in [1.82, 2.24) is 10.3 Å². The number of pyridine rings is 1. The number of aromatic nitrogens is 1. The van der Waals surface area contributed by atoms with Crippen LogP contribution in [0.3, 0.4) is 0 Å². The van der Waals surface area contributed by atoms with Crippen LogP contribution in [-0.4, -0.2) is 18.1 Å². The molecule has 0 saturated carbocycles. The molecule has 0 bridgehead atoms. The van der Waals surface area contributed by atoms with Crippen molar-refractivity contribution >= 4 is 27.4 Å². The Kier molecular flexibility index (Phi) is 6.21. The van der Waals surface area contributed by atoms with Gasteiger partial charge in [0, 0.05) is 35.0 Å². The van der Waals surface area contributed by atoms with E-state index in [1.165, 1.54) is 11.3 Å². The summed E-state index contributed by atoms with van der Waals surface area (Å²) in [6.45, 7) is 7.07. The van der Waals surface area contributed by atoms with Crippen LogP contribution in [0.2, 0.25) is 0 Å². The van der Waals surface area contributed by atoms with Gasteiger partial charge in [0.05, 0.1) is 0 Å².